The molecule has 0 radical (unpaired) electrons. The zero-order chi connectivity index (χ0) is 89.9. The summed E-state index contributed by atoms with van der Waals surface area (Å²) in [7, 11) is 0. The lowest BCUT2D eigenvalue weighted by atomic mass is 9.78. The first kappa shape index (κ1) is 90.8. The second-order valence-electron chi connectivity index (χ2n) is 41.7. The summed E-state index contributed by atoms with van der Waals surface area (Å²) in [5, 5.41) is 10.8. The van der Waals surface area contributed by atoms with E-state index in [1.54, 1.807) is 26.0 Å². The number of hydrogen-bond donors (Lipinski definition) is 0. The molecule has 7 aliphatic heterocycles. The standard InChI is InChI=1S/2C17H21FN2S.2C16H19FN2S.C15H18N2OS.2C12H14N2S/c2*1-17(18)7-4-12(5-8-17)2-3-14-16-13(6-9-21-16)15-10-19-11-20(14)15;2*17-15-8-12-14-9-18-10-19(14)13(16(12)20-15)7-6-11-4-2-1-3-5-11;1-2-4-11(5-3-1)18-9-14-15-12(6-7-19-15)13-8-16-10-17(13)14;2*1-12(2,3)11-10-8(4-5-15-10)9-6-13-7-14(9)11/h2*6,9-12,14H,2-5,7-8H2,1H3;2*8-11,13H,1-7H2;6-8,10-11,14H,1-5,9H2;2*4-7,11H,1-3H3/t2*12?,14-,17?;2*13-;14-;2*11-/m1010110/s1. The highest BCUT2D eigenvalue weighted by molar-refractivity contribution is 7.12. The van der Waals surface area contributed by atoms with Gasteiger partial charge in [0.25, 0.3) is 0 Å². The lowest BCUT2D eigenvalue weighted by molar-refractivity contribution is 0.0176. The molecule has 131 heavy (non-hydrogen) atoms. The van der Waals surface area contributed by atoms with E-state index in [4.69, 9.17) is 4.74 Å². The van der Waals surface area contributed by atoms with Gasteiger partial charge in [0.1, 0.15) is 11.3 Å². The molecule has 14 aromatic heterocycles. The molecular formula is C105H126F4N14OS7. The Balaban J connectivity index is 0.0000000957. The van der Waals surface area contributed by atoms with Crippen LogP contribution in [0.1, 0.15) is 331 Å². The van der Waals surface area contributed by atoms with Crippen molar-refractivity contribution in [3.8, 4) is 78.8 Å². The zero-order valence-electron chi connectivity index (χ0n) is 77.1. The smallest absolute Gasteiger partial charge is 0.177 e. The minimum Gasteiger partial charge on any atom is -0.376 e. The van der Waals surface area contributed by atoms with E-state index in [2.05, 4.69) is 166 Å². The highest BCUT2D eigenvalue weighted by Gasteiger charge is 2.43. The number of alkyl halides is 2. The van der Waals surface area contributed by atoms with Crippen molar-refractivity contribution in [1.29, 1.82) is 0 Å². The van der Waals surface area contributed by atoms with E-state index < -0.39 is 11.3 Å². The summed E-state index contributed by atoms with van der Waals surface area (Å²) in [4.78, 5) is 39.7. The van der Waals surface area contributed by atoms with Gasteiger partial charge < -0.3 is 36.7 Å². The zero-order valence-corrected chi connectivity index (χ0v) is 82.8. The quantitative estimate of drug-likeness (QED) is 0.0927. The molecule has 0 N–H and O–H groups in total. The molecule has 26 heteroatoms. The third-order valence-corrected chi connectivity index (χ3v) is 37.6. The van der Waals surface area contributed by atoms with Gasteiger partial charge >= 0.3 is 0 Å². The average molecular weight is 1900 g/mol. The Morgan fingerprint density at radius 3 is 0.908 bits per heavy atom. The third kappa shape index (κ3) is 18.9. The van der Waals surface area contributed by atoms with E-state index in [0.717, 1.165) is 118 Å². The Bertz CT molecular complexity index is 5600. The van der Waals surface area contributed by atoms with Gasteiger partial charge in [-0.1, -0.05) is 125 Å². The molecule has 26 rings (SSSR count). The number of thiophene rings is 7. The molecule has 15 nitrogen and oxygen atoms in total. The number of ether oxygens (including phenoxy) is 1. The van der Waals surface area contributed by atoms with Crippen molar-refractivity contribution >= 4 is 79.4 Å². The Hall–Kier alpha value is -7.95. The molecule has 21 heterocycles. The molecule has 0 spiro atoms. The summed E-state index contributed by atoms with van der Waals surface area (Å²) < 4.78 is 77.1. The van der Waals surface area contributed by atoms with Gasteiger partial charge in [0.15, 0.2) is 10.3 Å². The first-order valence-electron chi connectivity index (χ1n) is 48.6. The molecule has 0 unspecified atom stereocenters. The maximum Gasteiger partial charge on any atom is 0.177 e. The molecule has 0 bridgehead atoms. The fraction of sp³-hybridized carbons (Fsp3) is 0.533. The summed E-state index contributed by atoms with van der Waals surface area (Å²) in [6, 6.07) is 17.2. The number of hydrogen-bond acceptors (Lipinski definition) is 15. The maximum atomic E-state index is 13.9. The summed E-state index contributed by atoms with van der Waals surface area (Å²) in [5.41, 5.74) is 16.1. The predicted molar refractivity (Wildman–Crippen MR) is 530 cm³/mol. The van der Waals surface area contributed by atoms with Gasteiger partial charge in [-0.25, -0.2) is 43.7 Å². The first-order valence-corrected chi connectivity index (χ1v) is 54.7. The minimum atomic E-state index is -0.914. The summed E-state index contributed by atoms with van der Waals surface area (Å²) in [5.74, 6) is 3.16. The molecule has 5 fully saturated rings. The molecule has 7 atom stereocenters. The van der Waals surface area contributed by atoms with E-state index >= 15 is 0 Å². The summed E-state index contributed by atoms with van der Waals surface area (Å²) in [6.07, 6.45) is 64.8. The minimum absolute atomic E-state index is 0.0647. The lowest BCUT2D eigenvalue weighted by Gasteiger charge is -2.31. The maximum absolute atomic E-state index is 13.9. The highest BCUT2D eigenvalue weighted by Crippen LogP contribution is 2.56. The van der Waals surface area contributed by atoms with Crippen molar-refractivity contribution in [1.82, 2.24) is 66.9 Å². The van der Waals surface area contributed by atoms with Crippen molar-refractivity contribution in [2.24, 2.45) is 34.5 Å². The number of aromatic nitrogens is 14. The number of rotatable bonds is 15. The second kappa shape index (κ2) is 38.7. The number of imidazole rings is 7. The third-order valence-electron chi connectivity index (χ3n) is 30.6. The van der Waals surface area contributed by atoms with Crippen LogP contribution >= 0.6 is 79.4 Å². The molecule has 5 saturated carbocycles. The summed E-state index contributed by atoms with van der Waals surface area (Å²) in [6.45, 7) is 18.0. The molecule has 0 amide bonds. The van der Waals surface area contributed by atoms with E-state index in [9.17, 15) is 17.6 Å². The molecule has 12 aliphatic rings. The average Bonchev–Trinajstić information content (AvgIpc) is 1.59. The molecule has 0 saturated heterocycles. The highest BCUT2D eigenvalue weighted by atomic mass is 32.1. The largest absolute Gasteiger partial charge is 0.376 e. The van der Waals surface area contributed by atoms with Gasteiger partial charge in [0.05, 0.1) is 183 Å². The van der Waals surface area contributed by atoms with Crippen LogP contribution in [0.25, 0.3) is 78.8 Å². The van der Waals surface area contributed by atoms with Crippen molar-refractivity contribution in [3.05, 3.63) is 201 Å². The van der Waals surface area contributed by atoms with Crippen molar-refractivity contribution in [3.63, 3.8) is 0 Å². The van der Waals surface area contributed by atoms with E-state index in [1.807, 2.05) is 144 Å². The normalized spacial score (nSPS) is 24.3. The van der Waals surface area contributed by atoms with Crippen LogP contribution < -0.4 is 0 Å². The number of nitrogens with zero attached hydrogens (tertiary/aromatic N) is 14. The topological polar surface area (TPSA) is 134 Å². The van der Waals surface area contributed by atoms with Crippen LogP contribution in [0.2, 0.25) is 0 Å². The van der Waals surface area contributed by atoms with Crippen LogP contribution in [0.5, 0.6) is 0 Å². The number of fused-ring (bicyclic) bond motifs is 21. The van der Waals surface area contributed by atoms with Gasteiger partial charge in [-0.3, -0.25) is 0 Å². The molecular weight excluding hydrogens is 1770 g/mol. The van der Waals surface area contributed by atoms with E-state index in [-0.39, 0.29) is 21.1 Å². The molecule has 5 aliphatic carbocycles. The van der Waals surface area contributed by atoms with E-state index in [0.29, 0.717) is 60.2 Å². The van der Waals surface area contributed by atoms with Crippen LogP contribution in [-0.4, -0.2) is 90.9 Å². The Morgan fingerprint density at radius 1 is 0.321 bits per heavy atom. The van der Waals surface area contributed by atoms with Crippen molar-refractivity contribution in [2.75, 3.05) is 6.61 Å². The van der Waals surface area contributed by atoms with Crippen LogP contribution in [0, 0.1) is 44.8 Å². The monoisotopic (exact) mass is 1900 g/mol. The fourth-order valence-electron chi connectivity index (χ4n) is 23.6. The first-order chi connectivity index (χ1) is 63.5. The Morgan fingerprint density at radius 2 is 0.580 bits per heavy atom. The molecule has 14 aromatic rings. The fourth-order valence-corrected chi connectivity index (χ4v) is 31.2. The lowest BCUT2D eigenvalue weighted by Crippen LogP contribution is -2.26. The Kier molecular flexibility index (Phi) is 26.8. The second-order valence-corrected chi connectivity index (χ2v) is 48.5. The molecule has 692 valence electrons. The van der Waals surface area contributed by atoms with Crippen molar-refractivity contribution < 1.29 is 22.3 Å². The van der Waals surface area contributed by atoms with Gasteiger partial charge in [-0.15, -0.1) is 79.4 Å². The van der Waals surface area contributed by atoms with Crippen LogP contribution in [0.15, 0.2) is 157 Å². The van der Waals surface area contributed by atoms with Crippen LogP contribution in [0.4, 0.5) is 17.6 Å². The van der Waals surface area contributed by atoms with Gasteiger partial charge in [-0.2, -0.15) is 8.78 Å². The molecule has 0 aromatic carbocycles. The SMILES string of the molecule is CC(C)(C)[C@@H]1c2sccc2-c2cncn21.CC(C)(C)[C@H]1c2sccc2-c2cncn21.CC1(F)CCC(CC[C@@H]2c3sccc3-c3cncn32)CC1.CC1(F)CCC(CC[C@H]2c3sccc3-c3cncn32)CC1.Fc1cc2c(s1)[C@@H](CCC1CCCCC1)n1cncc1-2.Fc1cc2c(s1)[C@H](CCC1CCCCC1)n1cncc1-2.c1cc2c(s1)[C@@H](COC1CCCCC1)n1cncc1-2. The van der Waals surface area contributed by atoms with E-state index in [1.165, 1.54) is 235 Å². The van der Waals surface area contributed by atoms with Gasteiger partial charge in [-0.05, 0) is 233 Å². The number of halogens is 4. The summed E-state index contributed by atoms with van der Waals surface area (Å²) >= 11 is 11.9. The van der Waals surface area contributed by atoms with Crippen LogP contribution in [-0.2, 0) is 4.74 Å². The van der Waals surface area contributed by atoms with Gasteiger partial charge in [0, 0.05) is 73.1 Å². The van der Waals surface area contributed by atoms with Crippen molar-refractivity contribution in [2.45, 2.75) is 314 Å². The predicted octanol–water partition coefficient (Wildman–Crippen LogP) is 31.4. The van der Waals surface area contributed by atoms with Crippen LogP contribution in [0.3, 0.4) is 0 Å². The van der Waals surface area contributed by atoms with Gasteiger partial charge in [0.2, 0.25) is 0 Å². The Labute approximate surface area is 797 Å².